The molecule has 0 radical (unpaired) electrons. The smallest absolute Gasteiger partial charge is 0.271 e. The molecule has 4 aromatic rings. The normalized spacial score (nSPS) is 12.0. The number of amides is 3. The van der Waals surface area contributed by atoms with Crippen LogP contribution < -0.4 is 15.4 Å². The number of aromatic nitrogens is 1. The van der Waals surface area contributed by atoms with Crippen LogP contribution in [-0.4, -0.2) is 46.8 Å². The molecule has 3 aromatic carbocycles. The second-order valence-electron chi connectivity index (χ2n) is 10.5. The Labute approximate surface area is 238 Å². The number of halogens is 1. The molecule has 0 aliphatic heterocycles. The summed E-state index contributed by atoms with van der Waals surface area (Å²) in [6.07, 6.45) is 0. The van der Waals surface area contributed by atoms with Crippen LogP contribution in [0, 0.1) is 0 Å². The van der Waals surface area contributed by atoms with Gasteiger partial charge in [-0.25, -0.2) is 0 Å². The SMILES string of the molecule is COc1cccc(CNC(=O)CN(C(=O)c2cc3ccccc3[nH]2)C(C(=O)NC(C)(C)C)c2ccc(Cl)cc2)c1. The molecule has 0 spiro atoms. The quantitative estimate of drug-likeness (QED) is 0.260. The fourth-order valence-corrected chi connectivity index (χ4v) is 4.50. The Hall–Kier alpha value is -4.30. The predicted molar refractivity (Wildman–Crippen MR) is 156 cm³/mol. The van der Waals surface area contributed by atoms with Crippen molar-refractivity contribution in [3.05, 3.63) is 101 Å². The molecule has 3 N–H and O–H groups in total. The third-order valence-corrected chi connectivity index (χ3v) is 6.45. The third-order valence-electron chi connectivity index (χ3n) is 6.20. The van der Waals surface area contributed by atoms with E-state index >= 15 is 0 Å². The minimum Gasteiger partial charge on any atom is -0.497 e. The second-order valence-corrected chi connectivity index (χ2v) is 11.0. The van der Waals surface area contributed by atoms with Gasteiger partial charge in [-0.3, -0.25) is 14.4 Å². The first-order valence-electron chi connectivity index (χ1n) is 12.9. The van der Waals surface area contributed by atoms with Crippen molar-refractivity contribution in [2.75, 3.05) is 13.7 Å². The van der Waals surface area contributed by atoms with E-state index in [1.807, 2.05) is 69.3 Å². The number of methoxy groups -OCH3 is 1. The first-order valence-corrected chi connectivity index (χ1v) is 13.3. The number of benzene rings is 3. The second kappa shape index (κ2) is 12.3. The number of para-hydroxylation sites is 1. The number of ether oxygens (including phenoxy) is 1. The van der Waals surface area contributed by atoms with Gasteiger partial charge in [0, 0.05) is 28.0 Å². The van der Waals surface area contributed by atoms with E-state index in [1.54, 1.807) is 37.4 Å². The van der Waals surface area contributed by atoms with E-state index in [0.717, 1.165) is 16.5 Å². The zero-order valence-electron chi connectivity index (χ0n) is 23.0. The Kier molecular flexibility index (Phi) is 8.80. The standard InChI is InChI=1S/C31H33ClN4O4/c1-31(2,3)35-29(38)28(21-12-14-23(32)15-13-21)36(30(39)26-17-22-9-5-6-11-25(22)34-26)19-27(37)33-18-20-8-7-10-24(16-20)40-4/h5-17,28,34H,18-19H2,1-4H3,(H,33,37)(H,35,38). The molecule has 0 aliphatic rings. The molecule has 208 valence electrons. The van der Waals surface area contributed by atoms with E-state index in [1.165, 1.54) is 4.90 Å². The van der Waals surface area contributed by atoms with Gasteiger partial charge in [0.15, 0.2) is 0 Å². The van der Waals surface area contributed by atoms with Gasteiger partial charge in [0.2, 0.25) is 11.8 Å². The molecule has 40 heavy (non-hydrogen) atoms. The first kappa shape index (κ1) is 28.7. The van der Waals surface area contributed by atoms with Crippen LogP contribution in [0.15, 0.2) is 78.9 Å². The van der Waals surface area contributed by atoms with Crippen LogP contribution >= 0.6 is 11.6 Å². The zero-order valence-corrected chi connectivity index (χ0v) is 23.7. The van der Waals surface area contributed by atoms with Crippen LogP contribution in [0.5, 0.6) is 5.75 Å². The van der Waals surface area contributed by atoms with Gasteiger partial charge in [-0.05, 0) is 68.3 Å². The van der Waals surface area contributed by atoms with E-state index in [-0.39, 0.29) is 18.8 Å². The highest BCUT2D eigenvalue weighted by molar-refractivity contribution is 6.30. The van der Waals surface area contributed by atoms with E-state index < -0.39 is 29.3 Å². The number of H-pyrrole nitrogens is 1. The number of aromatic amines is 1. The predicted octanol–water partition coefficient (Wildman–Crippen LogP) is 5.24. The van der Waals surface area contributed by atoms with Crippen molar-refractivity contribution in [1.29, 1.82) is 0 Å². The number of fused-ring (bicyclic) bond motifs is 1. The van der Waals surface area contributed by atoms with Gasteiger partial charge in [0.1, 0.15) is 24.0 Å². The summed E-state index contributed by atoms with van der Waals surface area (Å²) in [6.45, 7) is 5.44. The number of hydrogen-bond acceptors (Lipinski definition) is 4. The molecule has 0 saturated carbocycles. The van der Waals surface area contributed by atoms with E-state index in [9.17, 15) is 14.4 Å². The van der Waals surface area contributed by atoms with Crippen molar-refractivity contribution in [1.82, 2.24) is 20.5 Å². The van der Waals surface area contributed by atoms with Crippen molar-refractivity contribution >= 4 is 40.2 Å². The summed E-state index contributed by atoms with van der Waals surface area (Å²) in [5.74, 6) is -0.657. The van der Waals surface area contributed by atoms with Gasteiger partial charge in [-0.1, -0.05) is 54.1 Å². The molecule has 1 atom stereocenters. The first-order chi connectivity index (χ1) is 19.0. The Morgan fingerprint density at radius 3 is 2.38 bits per heavy atom. The Morgan fingerprint density at radius 1 is 0.975 bits per heavy atom. The number of rotatable bonds is 9. The molecule has 9 heteroatoms. The van der Waals surface area contributed by atoms with E-state index in [2.05, 4.69) is 15.6 Å². The number of carbonyl (C=O) groups excluding carboxylic acids is 3. The number of carbonyl (C=O) groups is 3. The van der Waals surface area contributed by atoms with E-state index in [0.29, 0.717) is 16.3 Å². The summed E-state index contributed by atoms with van der Waals surface area (Å²) >= 11 is 6.13. The van der Waals surface area contributed by atoms with Crippen molar-refractivity contribution < 1.29 is 19.1 Å². The van der Waals surface area contributed by atoms with Crippen LogP contribution in [0.4, 0.5) is 0 Å². The average Bonchev–Trinajstić information content (AvgIpc) is 3.36. The fourth-order valence-electron chi connectivity index (χ4n) is 4.37. The van der Waals surface area contributed by atoms with Crippen LogP contribution in [0.1, 0.15) is 48.4 Å². The van der Waals surface area contributed by atoms with Crippen LogP contribution in [0.3, 0.4) is 0 Å². The summed E-state index contributed by atoms with van der Waals surface area (Å²) in [4.78, 5) is 45.5. The largest absolute Gasteiger partial charge is 0.497 e. The third kappa shape index (κ3) is 7.21. The molecule has 0 aliphatic carbocycles. The van der Waals surface area contributed by atoms with Gasteiger partial charge >= 0.3 is 0 Å². The molecule has 8 nitrogen and oxygen atoms in total. The minimum absolute atomic E-state index is 0.226. The monoisotopic (exact) mass is 560 g/mol. The summed E-state index contributed by atoms with van der Waals surface area (Å²) < 4.78 is 5.26. The summed E-state index contributed by atoms with van der Waals surface area (Å²) in [6, 6.07) is 22.1. The van der Waals surface area contributed by atoms with Crippen LogP contribution in [-0.2, 0) is 16.1 Å². The molecule has 0 bridgehead atoms. The van der Waals surface area contributed by atoms with Crippen molar-refractivity contribution in [3.63, 3.8) is 0 Å². The summed E-state index contributed by atoms with van der Waals surface area (Å²) in [7, 11) is 1.57. The molecular weight excluding hydrogens is 528 g/mol. The maximum atomic E-state index is 14.1. The highest BCUT2D eigenvalue weighted by Crippen LogP contribution is 2.27. The minimum atomic E-state index is -1.10. The van der Waals surface area contributed by atoms with Crippen LogP contribution in [0.25, 0.3) is 10.9 Å². The van der Waals surface area contributed by atoms with Crippen molar-refractivity contribution in [2.24, 2.45) is 0 Å². The average molecular weight is 561 g/mol. The van der Waals surface area contributed by atoms with E-state index in [4.69, 9.17) is 16.3 Å². The summed E-state index contributed by atoms with van der Waals surface area (Å²) in [5.41, 5.74) is 1.82. The Bertz CT molecular complexity index is 1470. The highest BCUT2D eigenvalue weighted by Gasteiger charge is 2.35. The number of nitrogens with zero attached hydrogens (tertiary/aromatic N) is 1. The van der Waals surface area contributed by atoms with Crippen molar-refractivity contribution in [3.8, 4) is 5.75 Å². The lowest BCUT2D eigenvalue weighted by molar-refractivity contribution is -0.129. The number of hydrogen-bond donors (Lipinski definition) is 3. The Balaban J connectivity index is 1.70. The van der Waals surface area contributed by atoms with Gasteiger partial charge in [0.05, 0.1) is 7.11 Å². The fraction of sp³-hybridized carbons (Fsp3) is 0.258. The molecule has 1 unspecified atom stereocenters. The lowest BCUT2D eigenvalue weighted by Gasteiger charge is -2.33. The molecule has 0 saturated heterocycles. The molecule has 0 fully saturated rings. The molecule has 1 aromatic heterocycles. The lowest BCUT2D eigenvalue weighted by Crippen LogP contribution is -2.51. The van der Waals surface area contributed by atoms with Gasteiger partial charge in [0.25, 0.3) is 5.91 Å². The number of nitrogens with one attached hydrogen (secondary N) is 3. The topological polar surface area (TPSA) is 104 Å². The van der Waals surface area contributed by atoms with Crippen LogP contribution in [0.2, 0.25) is 5.02 Å². The zero-order chi connectivity index (χ0) is 28.9. The Morgan fingerprint density at radius 2 is 1.70 bits per heavy atom. The van der Waals surface area contributed by atoms with Gasteiger partial charge in [-0.15, -0.1) is 0 Å². The molecule has 1 heterocycles. The van der Waals surface area contributed by atoms with Gasteiger partial charge < -0.3 is 25.3 Å². The molecule has 3 amide bonds. The molecular formula is C31H33ClN4O4. The van der Waals surface area contributed by atoms with Crippen molar-refractivity contribution in [2.45, 2.75) is 38.9 Å². The maximum Gasteiger partial charge on any atom is 0.271 e. The lowest BCUT2D eigenvalue weighted by atomic mass is 10.0. The van der Waals surface area contributed by atoms with Gasteiger partial charge in [-0.2, -0.15) is 0 Å². The molecule has 4 rings (SSSR count). The maximum absolute atomic E-state index is 14.1. The highest BCUT2D eigenvalue weighted by atomic mass is 35.5. The summed E-state index contributed by atoms with van der Waals surface area (Å²) in [5, 5.41) is 7.16.